The number of nitrogens with one attached hydrogen (secondary N) is 2. The average molecular weight is 375 g/mol. The summed E-state index contributed by atoms with van der Waals surface area (Å²) in [5, 5.41) is 3.55. The number of fused-ring (bicyclic) bond motifs is 1. The van der Waals surface area contributed by atoms with Gasteiger partial charge in [0.25, 0.3) is 11.5 Å². The maximum absolute atomic E-state index is 12.5. The lowest BCUT2D eigenvalue weighted by molar-refractivity contribution is 0.0899. The van der Waals surface area contributed by atoms with Gasteiger partial charge in [-0.15, -0.1) is 0 Å². The lowest BCUT2D eigenvalue weighted by Gasteiger charge is -2.16. The van der Waals surface area contributed by atoms with Gasteiger partial charge in [-0.2, -0.15) is 0 Å². The second kappa shape index (κ2) is 8.14. The Hall–Kier alpha value is -1.99. The van der Waals surface area contributed by atoms with Gasteiger partial charge in [-0.05, 0) is 69.9 Å². The zero-order chi connectivity index (χ0) is 18.7. The zero-order valence-electron chi connectivity index (χ0n) is 15.2. The van der Waals surface area contributed by atoms with E-state index < -0.39 is 0 Å². The summed E-state index contributed by atoms with van der Waals surface area (Å²) in [5.41, 5.74) is 0.966. The van der Waals surface area contributed by atoms with Gasteiger partial charge in [0.1, 0.15) is 0 Å². The number of rotatable bonds is 6. The summed E-state index contributed by atoms with van der Waals surface area (Å²) in [7, 11) is 0. The van der Waals surface area contributed by atoms with Gasteiger partial charge in [-0.25, -0.2) is 0 Å². The molecule has 0 unspecified atom stereocenters. The lowest BCUT2D eigenvalue weighted by atomic mass is 10.1. The number of amides is 1. The normalized spacial score (nSPS) is 18.2. The Morgan fingerprint density at radius 1 is 1.50 bits per heavy atom. The minimum absolute atomic E-state index is 0.0639. The summed E-state index contributed by atoms with van der Waals surface area (Å²) < 4.78 is 7.50. The molecule has 1 amide bonds. The zero-order valence-corrected chi connectivity index (χ0v) is 16.0. The van der Waals surface area contributed by atoms with E-state index in [4.69, 9.17) is 17.0 Å². The molecule has 0 aliphatic carbocycles. The van der Waals surface area contributed by atoms with Crippen LogP contribution in [0.5, 0.6) is 0 Å². The summed E-state index contributed by atoms with van der Waals surface area (Å²) in [5.74, 6) is -0.147. The van der Waals surface area contributed by atoms with Crippen LogP contribution in [0.25, 0.3) is 10.9 Å². The topological polar surface area (TPSA) is 76.1 Å². The van der Waals surface area contributed by atoms with Gasteiger partial charge in [-0.1, -0.05) is 0 Å². The first-order chi connectivity index (χ1) is 12.5. The fourth-order valence-electron chi connectivity index (χ4n) is 3.37. The van der Waals surface area contributed by atoms with Gasteiger partial charge in [0, 0.05) is 24.8 Å². The molecule has 0 radical (unpaired) electrons. The monoisotopic (exact) mass is 375 g/mol. The van der Waals surface area contributed by atoms with Crippen molar-refractivity contribution in [1.29, 1.82) is 0 Å². The highest BCUT2D eigenvalue weighted by Gasteiger charge is 2.18. The largest absolute Gasteiger partial charge is 0.378 e. The van der Waals surface area contributed by atoms with Crippen LogP contribution in [0.15, 0.2) is 23.0 Å². The fourth-order valence-corrected chi connectivity index (χ4v) is 3.69. The van der Waals surface area contributed by atoms with E-state index in [0.29, 0.717) is 33.9 Å². The molecule has 2 N–H and O–H groups in total. The number of carbonyl (C=O) groups excluding carboxylic acids is 1. The molecule has 26 heavy (non-hydrogen) atoms. The molecule has 3 rings (SSSR count). The molecule has 1 aromatic heterocycles. The first-order valence-electron chi connectivity index (χ1n) is 9.19. The minimum Gasteiger partial charge on any atom is -0.378 e. The molecule has 1 aliphatic rings. The average Bonchev–Trinajstić information content (AvgIpc) is 3.13. The van der Waals surface area contributed by atoms with Crippen molar-refractivity contribution in [3.05, 3.63) is 38.9 Å². The van der Waals surface area contributed by atoms with E-state index in [9.17, 15) is 9.59 Å². The molecule has 0 spiro atoms. The maximum Gasteiger partial charge on any atom is 0.262 e. The van der Waals surface area contributed by atoms with Crippen molar-refractivity contribution in [2.24, 2.45) is 0 Å². The Balaban J connectivity index is 1.72. The van der Waals surface area contributed by atoms with E-state index in [2.05, 4.69) is 10.3 Å². The molecule has 6 nitrogen and oxygen atoms in total. The number of carbonyl (C=O) groups is 1. The van der Waals surface area contributed by atoms with Gasteiger partial charge >= 0.3 is 0 Å². The quantitative estimate of drug-likeness (QED) is 0.761. The number of ether oxygens (including phenoxy) is 1. The third kappa shape index (κ3) is 4.04. The van der Waals surface area contributed by atoms with Crippen LogP contribution in [0.4, 0.5) is 0 Å². The Kier molecular flexibility index (Phi) is 5.88. The number of nitrogens with zero attached hydrogens (tertiary/aromatic N) is 1. The van der Waals surface area contributed by atoms with Crippen LogP contribution in [-0.2, 0) is 11.3 Å². The summed E-state index contributed by atoms with van der Waals surface area (Å²) in [4.78, 5) is 28.0. The van der Waals surface area contributed by atoms with Crippen molar-refractivity contribution >= 4 is 29.0 Å². The first kappa shape index (κ1) is 18.8. The first-order valence-corrected chi connectivity index (χ1v) is 9.59. The van der Waals surface area contributed by atoms with Crippen molar-refractivity contribution in [2.75, 3.05) is 6.61 Å². The molecule has 0 saturated carbocycles. The van der Waals surface area contributed by atoms with Crippen LogP contribution < -0.4 is 10.9 Å². The van der Waals surface area contributed by atoms with Gasteiger partial charge in [-0.3, -0.25) is 14.2 Å². The predicted octanol–water partition coefficient (Wildman–Crippen LogP) is 3.16. The van der Waals surface area contributed by atoms with E-state index in [1.807, 2.05) is 13.8 Å². The Labute approximate surface area is 157 Å². The molecule has 2 atom stereocenters. The summed E-state index contributed by atoms with van der Waals surface area (Å²) in [6, 6.07) is 5.12. The smallest absolute Gasteiger partial charge is 0.262 e. The second-order valence-corrected chi connectivity index (χ2v) is 7.21. The Morgan fingerprint density at radius 3 is 3.00 bits per heavy atom. The van der Waals surface area contributed by atoms with Crippen molar-refractivity contribution in [3.63, 3.8) is 0 Å². The molecular formula is C19H25N3O3S. The highest BCUT2D eigenvalue weighted by Crippen LogP contribution is 2.18. The van der Waals surface area contributed by atoms with Gasteiger partial charge in [0.05, 0.1) is 17.0 Å². The molecule has 1 aliphatic heterocycles. The van der Waals surface area contributed by atoms with E-state index in [-0.39, 0.29) is 17.5 Å². The third-order valence-electron chi connectivity index (χ3n) is 4.88. The van der Waals surface area contributed by atoms with Gasteiger partial charge < -0.3 is 15.0 Å². The summed E-state index contributed by atoms with van der Waals surface area (Å²) >= 11 is 5.23. The number of hydrogen-bond donors (Lipinski definition) is 2. The third-order valence-corrected chi connectivity index (χ3v) is 5.21. The van der Waals surface area contributed by atoms with E-state index in [1.54, 1.807) is 18.2 Å². The van der Waals surface area contributed by atoms with E-state index in [0.717, 1.165) is 32.3 Å². The molecule has 2 aromatic rings. The van der Waals surface area contributed by atoms with Crippen LogP contribution in [0, 0.1) is 4.77 Å². The van der Waals surface area contributed by atoms with Crippen molar-refractivity contribution in [2.45, 2.75) is 58.2 Å². The maximum atomic E-state index is 12.5. The van der Waals surface area contributed by atoms with Crippen LogP contribution in [-0.4, -0.2) is 34.2 Å². The highest BCUT2D eigenvalue weighted by molar-refractivity contribution is 7.71. The summed E-state index contributed by atoms with van der Waals surface area (Å²) in [6.07, 6.45) is 4.41. The van der Waals surface area contributed by atoms with Crippen molar-refractivity contribution in [3.8, 4) is 0 Å². The number of aromatic nitrogens is 2. The fraction of sp³-hybridized carbons (Fsp3) is 0.526. The Morgan fingerprint density at radius 2 is 2.31 bits per heavy atom. The SMILES string of the molecule is CCn1c(=S)[nH]c2cc(C(=O)N[C@H](C)CC[C@@H]3CCCO3)ccc2c1=O. The van der Waals surface area contributed by atoms with Crippen molar-refractivity contribution < 1.29 is 9.53 Å². The van der Waals surface area contributed by atoms with E-state index >= 15 is 0 Å². The molecular weight excluding hydrogens is 350 g/mol. The van der Waals surface area contributed by atoms with Crippen LogP contribution in [0.1, 0.15) is 49.9 Å². The number of hydrogen-bond acceptors (Lipinski definition) is 4. The molecule has 2 heterocycles. The van der Waals surface area contributed by atoms with E-state index in [1.165, 1.54) is 4.57 Å². The van der Waals surface area contributed by atoms with Crippen LogP contribution in [0.3, 0.4) is 0 Å². The molecule has 7 heteroatoms. The molecule has 0 bridgehead atoms. The molecule has 1 aromatic carbocycles. The minimum atomic E-state index is -0.147. The van der Waals surface area contributed by atoms with Crippen LogP contribution in [0.2, 0.25) is 0 Å². The van der Waals surface area contributed by atoms with Gasteiger partial charge in [0.15, 0.2) is 4.77 Å². The molecule has 1 fully saturated rings. The predicted molar refractivity (Wildman–Crippen MR) is 104 cm³/mol. The molecule has 1 saturated heterocycles. The van der Waals surface area contributed by atoms with Crippen LogP contribution >= 0.6 is 12.2 Å². The van der Waals surface area contributed by atoms with Crippen molar-refractivity contribution in [1.82, 2.24) is 14.9 Å². The number of H-pyrrole nitrogens is 1. The summed E-state index contributed by atoms with van der Waals surface area (Å²) in [6.45, 7) is 5.23. The standard InChI is InChI=1S/C19H25N3O3S/c1-3-22-18(24)15-9-7-13(11-16(15)21-19(22)26)17(23)20-12(2)6-8-14-5-4-10-25-14/h7,9,11-12,14H,3-6,8,10H2,1-2H3,(H,20,23)(H,21,26)/t12-,14+/m1/s1. The highest BCUT2D eigenvalue weighted by atomic mass is 32.1. The second-order valence-electron chi connectivity index (χ2n) is 6.83. The Bertz CT molecular complexity index is 912. The number of benzene rings is 1. The lowest BCUT2D eigenvalue weighted by Crippen LogP contribution is -2.33. The number of aromatic amines is 1. The molecule has 140 valence electrons. The van der Waals surface area contributed by atoms with Gasteiger partial charge in [0.2, 0.25) is 0 Å².